The van der Waals surface area contributed by atoms with Crippen LogP contribution in [0.4, 0.5) is 9.59 Å². The maximum Gasteiger partial charge on any atom is 0.338 e. The number of hydrogen-bond acceptors (Lipinski definition) is 5. The van der Waals surface area contributed by atoms with E-state index in [4.69, 9.17) is 4.74 Å². The first-order valence-electron chi connectivity index (χ1n) is 13.9. The Balaban J connectivity index is 1.95. The molecule has 2 atom stereocenters. The molecule has 1 saturated heterocycles. The summed E-state index contributed by atoms with van der Waals surface area (Å²) in [5, 5.41) is 6.01. The van der Waals surface area contributed by atoms with Crippen molar-refractivity contribution in [2.75, 3.05) is 45.9 Å². The van der Waals surface area contributed by atoms with Crippen molar-refractivity contribution in [1.82, 2.24) is 25.3 Å². The summed E-state index contributed by atoms with van der Waals surface area (Å²) in [6.07, 6.45) is 0.889. The maximum atomic E-state index is 13.4. The Kier molecular flexibility index (Phi) is 9.82. The van der Waals surface area contributed by atoms with Gasteiger partial charge in [-0.25, -0.2) is 14.4 Å². The highest BCUT2D eigenvalue weighted by Crippen LogP contribution is 2.33. The number of esters is 1. The molecule has 0 saturated carbocycles. The summed E-state index contributed by atoms with van der Waals surface area (Å²) in [4.78, 5) is 44.9. The van der Waals surface area contributed by atoms with Gasteiger partial charge in [0.2, 0.25) is 0 Å². The Morgan fingerprint density at radius 3 is 2.34 bits per heavy atom. The van der Waals surface area contributed by atoms with Gasteiger partial charge >= 0.3 is 18.0 Å². The third kappa shape index (κ3) is 6.67. The first-order valence-corrected chi connectivity index (χ1v) is 13.9. The number of nitrogens with zero attached hydrogens (tertiary/aromatic N) is 3. The minimum absolute atomic E-state index is 0.000447. The molecule has 2 aliphatic rings. The van der Waals surface area contributed by atoms with E-state index in [0.29, 0.717) is 50.5 Å². The third-order valence-corrected chi connectivity index (χ3v) is 7.23. The number of amides is 4. The highest BCUT2D eigenvalue weighted by atomic mass is 16.5. The summed E-state index contributed by atoms with van der Waals surface area (Å²) >= 11 is 0. The molecular formula is C29H45N5O4. The molecule has 4 amide bonds. The number of likely N-dealkylation sites (N-methyl/N-ethyl adjacent to an activating group) is 1. The van der Waals surface area contributed by atoms with E-state index in [1.165, 1.54) is 5.56 Å². The Hall–Kier alpha value is -3.07. The molecule has 1 aromatic carbocycles. The van der Waals surface area contributed by atoms with Crippen LogP contribution < -0.4 is 10.6 Å². The number of hydrogen-bond donors (Lipinski definition) is 2. The highest BCUT2D eigenvalue weighted by Gasteiger charge is 2.39. The minimum Gasteiger partial charge on any atom is -0.463 e. The lowest BCUT2D eigenvalue weighted by Crippen LogP contribution is -2.58. The number of carbonyl (C=O) groups is 3. The Morgan fingerprint density at radius 2 is 1.79 bits per heavy atom. The fourth-order valence-corrected chi connectivity index (χ4v) is 5.11. The van der Waals surface area contributed by atoms with Crippen molar-refractivity contribution in [3.63, 3.8) is 0 Å². The van der Waals surface area contributed by atoms with Crippen LogP contribution in [0.25, 0.3) is 0 Å². The van der Waals surface area contributed by atoms with Crippen LogP contribution in [0.3, 0.4) is 0 Å². The molecule has 0 aliphatic carbocycles. The zero-order valence-corrected chi connectivity index (χ0v) is 24.1. The summed E-state index contributed by atoms with van der Waals surface area (Å²) in [6.45, 7) is 17.8. The topological polar surface area (TPSA) is 94.2 Å². The van der Waals surface area contributed by atoms with E-state index in [-0.39, 0.29) is 30.1 Å². The third-order valence-electron chi connectivity index (χ3n) is 7.23. The van der Waals surface area contributed by atoms with Crippen molar-refractivity contribution in [3.8, 4) is 0 Å². The number of benzene rings is 1. The molecule has 1 fully saturated rings. The first-order chi connectivity index (χ1) is 18.0. The van der Waals surface area contributed by atoms with E-state index < -0.39 is 12.0 Å². The molecule has 9 heteroatoms. The average Bonchev–Trinajstić information content (AvgIpc) is 2.87. The Bertz CT molecular complexity index is 1030. The average molecular weight is 528 g/mol. The van der Waals surface area contributed by atoms with Gasteiger partial charge in [-0.05, 0) is 43.7 Å². The van der Waals surface area contributed by atoms with Crippen molar-refractivity contribution in [1.29, 1.82) is 0 Å². The molecule has 3 rings (SSSR count). The summed E-state index contributed by atoms with van der Waals surface area (Å²) in [7, 11) is 0. The predicted molar refractivity (Wildman–Crippen MR) is 149 cm³/mol. The van der Waals surface area contributed by atoms with E-state index in [2.05, 4.69) is 48.4 Å². The van der Waals surface area contributed by atoms with E-state index in [0.717, 1.165) is 12.0 Å². The van der Waals surface area contributed by atoms with Crippen molar-refractivity contribution in [2.45, 2.75) is 72.4 Å². The number of rotatable bonds is 8. The largest absolute Gasteiger partial charge is 0.463 e. The van der Waals surface area contributed by atoms with E-state index >= 15 is 0 Å². The smallest absolute Gasteiger partial charge is 0.338 e. The van der Waals surface area contributed by atoms with Gasteiger partial charge in [0.15, 0.2) is 0 Å². The summed E-state index contributed by atoms with van der Waals surface area (Å²) in [5.41, 5.74) is 3.14. The zero-order valence-electron chi connectivity index (χ0n) is 24.1. The second-order valence-electron chi connectivity index (χ2n) is 11.1. The lowest BCUT2D eigenvalue weighted by molar-refractivity contribution is -0.139. The Morgan fingerprint density at radius 1 is 1.11 bits per heavy atom. The van der Waals surface area contributed by atoms with Gasteiger partial charge in [0, 0.05) is 51.0 Å². The normalized spacial score (nSPS) is 20.9. The van der Waals surface area contributed by atoms with Gasteiger partial charge in [0.25, 0.3) is 0 Å². The molecule has 0 unspecified atom stereocenters. The predicted octanol–water partition coefficient (Wildman–Crippen LogP) is 4.01. The molecule has 0 bridgehead atoms. The van der Waals surface area contributed by atoms with Crippen LogP contribution in [0.1, 0.15) is 72.1 Å². The number of urea groups is 2. The number of ether oxygens (including phenoxy) is 1. The van der Waals surface area contributed by atoms with Crippen LogP contribution in [0.5, 0.6) is 0 Å². The molecule has 0 radical (unpaired) electrons. The second-order valence-corrected chi connectivity index (χ2v) is 11.1. The standard InChI is InChI=1S/C29H45N5O4/c1-8-15-30-27(36)34-17-16-32(18-20(34)4)19-23-24(26(35)38-10-3)25(31-28(37)33(23)9-2)21-11-13-22(14-12-21)29(5,6)7/h11-14,20,25H,8-10,15-19H2,1-7H3,(H,30,36)(H,31,37)/t20-,25-/m1/s1. The van der Waals surface area contributed by atoms with Crippen LogP contribution in [0, 0.1) is 0 Å². The van der Waals surface area contributed by atoms with Crippen LogP contribution in [-0.4, -0.2) is 84.6 Å². The van der Waals surface area contributed by atoms with Crippen molar-refractivity contribution >= 4 is 18.0 Å². The molecule has 0 spiro atoms. The minimum atomic E-state index is -0.605. The van der Waals surface area contributed by atoms with Crippen molar-refractivity contribution in [2.24, 2.45) is 0 Å². The zero-order chi connectivity index (χ0) is 28.0. The van der Waals surface area contributed by atoms with Gasteiger partial charge in [0.1, 0.15) is 0 Å². The van der Waals surface area contributed by atoms with Gasteiger partial charge in [-0.2, -0.15) is 0 Å². The summed E-state index contributed by atoms with van der Waals surface area (Å²) < 4.78 is 5.51. The molecule has 2 N–H and O–H groups in total. The van der Waals surface area contributed by atoms with Crippen molar-refractivity contribution in [3.05, 3.63) is 46.7 Å². The number of nitrogens with one attached hydrogen (secondary N) is 2. The molecule has 9 nitrogen and oxygen atoms in total. The molecule has 2 heterocycles. The lowest BCUT2D eigenvalue weighted by Gasteiger charge is -2.42. The fraction of sp³-hybridized carbons (Fsp3) is 0.621. The van der Waals surface area contributed by atoms with Crippen LogP contribution in [0.15, 0.2) is 35.5 Å². The van der Waals surface area contributed by atoms with E-state index in [9.17, 15) is 14.4 Å². The SMILES string of the molecule is CCCNC(=O)N1CCN(CC2=C(C(=O)OCC)[C@@H](c3ccc(C(C)(C)C)cc3)NC(=O)N2CC)C[C@H]1C. The van der Waals surface area contributed by atoms with Crippen molar-refractivity contribution < 1.29 is 19.1 Å². The van der Waals surface area contributed by atoms with E-state index in [1.807, 2.05) is 37.8 Å². The quantitative estimate of drug-likeness (QED) is 0.498. The van der Waals surface area contributed by atoms with Crippen LogP contribution >= 0.6 is 0 Å². The van der Waals surface area contributed by atoms with Gasteiger partial charge in [0.05, 0.1) is 18.2 Å². The van der Waals surface area contributed by atoms with Gasteiger partial charge < -0.3 is 20.3 Å². The van der Waals surface area contributed by atoms with Crippen LogP contribution in [-0.2, 0) is 14.9 Å². The van der Waals surface area contributed by atoms with E-state index in [1.54, 1.807) is 11.8 Å². The summed E-state index contributed by atoms with van der Waals surface area (Å²) in [6, 6.07) is 7.20. The molecule has 210 valence electrons. The van der Waals surface area contributed by atoms with Crippen LogP contribution in [0.2, 0.25) is 0 Å². The summed E-state index contributed by atoms with van der Waals surface area (Å²) in [5.74, 6) is -0.420. The van der Waals surface area contributed by atoms with Gasteiger partial charge in [-0.1, -0.05) is 52.0 Å². The monoisotopic (exact) mass is 527 g/mol. The Labute approximate surface area is 227 Å². The number of carbonyl (C=O) groups excluding carboxylic acids is 3. The number of piperazine rings is 1. The molecule has 38 heavy (non-hydrogen) atoms. The molecular weight excluding hydrogens is 482 g/mol. The fourth-order valence-electron chi connectivity index (χ4n) is 5.11. The highest BCUT2D eigenvalue weighted by molar-refractivity contribution is 5.95. The lowest BCUT2D eigenvalue weighted by atomic mass is 9.85. The van der Waals surface area contributed by atoms with Gasteiger partial charge in [-0.15, -0.1) is 0 Å². The van der Waals surface area contributed by atoms with Gasteiger partial charge in [-0.3, -0.25) is 9.80 Å². The maximum absolute atomic E-state index is 13.4. The first kappa shape index (κ1) is 29.5. The molecule has 2 aliphatic heterocycles. The second kappa shape index (κ2) is 12.7. The molecule has 0 aromatic heterocycles. The molecule has 1 aromatic rings.